The van der Waals surface area contributed by atoms with E-state index >= 15 is 0 Å². The van der Waals surface area contributed by atoms with Crippen LogP contribution in [-0.2, 0) is 0 Å². The third kappa shape index (κ3) is 2.53. The van der Waals surface area contributed by atoms with Crippen molar-refractivity contribution in [3.8, 4) is 11.8 Å². The molecule has 5 rings (SSSR count). The van der Waals surface area contributed by atoms with E-state index in [1.807, 2.05) is 30.3 Å². The fourth-order valence-electron chi connectivity index (χ4n) is 3.06. The van der Waals surface area contributed by atoms with Crippen molar-refractivity contribution in [2.45, 2.75) is 0 Å². The van der Waals surface area contributed by atoms with Gasteiger partial charge in [-0.2, -0.15) is 14.7 Å². The van der Waals surface area contributed by atoms with Crippen LogP contribution in [0.25, 0.3) is 32.7 Å². The fourth-order valence-corrected chi connectivity index (χ4v) is 3.69. The average Bonchev–Trinajstić information content (AvgIpc) is 3.17. The summed E-state index contributed by atoms with van der Waals surface area (Å²) in [6.45, 7) is 0. The second-order valence-corrected chi connectivity index (χ2v) is 6.84. The summed E-state index contributed by atoms with van der Waals surface area (Å²) in [5.41, 5.74) is 3.10. The first-order valence-electron chi connectivity index (χ1n) is 8.33. The first-order chi connectivity index (χ1) is 13.7. The first-order valence-corrected chi connectivity index (χ1v) is 9.10. The van der Waals surface area contributed by atoms with E-state index in [0.717, 1.165) is 27.7 Å². The minimum Gasteiger partial charge on any atom is -0.507 e. The Morgan fingerprint density at radius 1 is 0.893 bits per heavy atom. The van der Waals surface area contributed by atoms with E-state index in [1.54, 1.807) is 24.3 Å². The number of hydrogen-bond donors (Lipinski definition) is 1. The first kappa shape index (κ1) is 16.2. The molecule has 0 atom stereocenters. The monoisotopic (exact) mass is 382 g/mol. The summed E-state index contributed by atoms with van der Waals surface area (Å²) in [6.07, 6.45) is 0. The lowest BCUT2D eigenvalue weighted by Gasteiger charge is -2.03. The topological polar surface area (TPSA) is 107 Å². The molecule has 0 fully saturated rings. The van der Waals surface area contributed by atoms with Crippen LogP contribution >= 0.6 is 11.5 Å². The lowest BCUT2D eigenvalue weighted by Crippen LogP contribution is -1.86. The van der Waals surface area contributed by atoms with Crippen LogP contribution in [0.5, 0.6) is 5.75 Å². The standard InChI is InChI=1S/C20H10N6OS/c21-10-18-20-19(26-28-18)14-9-11(5-6-16(14)24-25-20)22-23-15-7-8-17(27)13-4-2-1-3-12(13)15/h1-9,27H. The summed E-state index contributed by atoms with van der Waals surface area (Å²) in [4.78, 5) is 0.437. The second kappa shape index (κ2) is 6.33. The molecular weight excluding hydrogens is 372 g/mol. The molecule has 28 heavy (non-hydrogen) atoms. The van der Waals surface area contributed by atoms with Gasteiger partial charge in [-0.3, -0.25) is 0 Å². The van der Waals surface area contributed by atoms with Crippen molar-refractivity contribution in [1.29, 1.82) is 5.26 Å². The Bertz CT molecular complexity index is 1450. The van der Waals surface area contributed by atoms with E-state index in [0.29, 0.717) is 32.8 Å². The van der Waals surface area contributed by atoms with Gasteiger partial charge in [-0.1, -0.05) is 24.3 Å². The molecule has 0 aliphatic rings. The Labute approximate surface area is 162 Å². The molecule has 0 saturated carbocycles. The van der Waals surface area contributed by atoms with Crippen LogP contribution in [0.15, 0.2) is 64.8 Å². The SMILES string of the molecule is N#Cc1snc2c1nnc1ccc(N=Nc3ccc(O)c4ccccc34)cc12. The smallest absolute Gasteiger partial charge is 0.153 e. The highest BCUT2D eigenvalue weighted by Gasteiger charge is 2.12. The Balaban J connectivity index is 1.62. The van der Waals surface area contributed by atoms with Gasteiger partial charge in [0.15, 0.2) is 4.88 Å². The van der Waals surface area contributed by atoms with Crippen LogP contribution in [0.1, 0.15) is 4.88 Å². The number of aromatic nitrogens is 3. The van der Waals surface area contributed by atoms with E-state index in [9.17, 15) is 5.11 Å². The van der Waals surface area contributed by atoms with Gasteiger partial charge in [-0.15, -0.1) is 15.3 Å². The van der Waals surface area contributed by atoms with Gasteiger partial charge in [0.2, 0.25) is 0 Å². The third-order valence-corrected chi connectivity index (χ3v) is 5.15. The Hall–Kier alpha value is -3.96. The molecule has 8 heteroatoms. The number of phenols is 1. The van der Waals surface area contributed by atoms with Crippen LogP contribution in [0.4, 0.5) is 11.4 Å². The Morgan fingerprint density at radius 3 is 2.61 bits per heavy atom. The molecule has 1 N–H and O–H groups in total. The minimum absolute atomic E-state index is 0.207. The highest BCUT2D eigenvalue weighted by atomic mass is 32.1. The van der Waals surface area contributed by atoms with Gasteiger partial charge in [0.1, 0.15) is 22.9 Å². The van der Waals surface area contributed by atoms with Crippen LogP contribution in [-0.4, -0.2) is 19.7 Å². The van der Waals surface area contributed by atoms with Gasteiger partial charge in [0, 0.05) is 16.2 Å². The predicted molar refractivity (Wildman–Crippen MR) is 107 cm³/mol. The van der Waals surface area contributed by atoms with Gasteiger partial charge in [0.25, 0.3) is 0 Å². The zero-order valence-electron chi connectivity index (χ0n) is 14.2. The van der Waals surface area contributed by atoms with E-state index in [1.165, 1.54) is 0 Å². The van der Waals surface area contributed by atoms with Crippen LogP contribution in [0, 0.1) is 11.3 Å². The highest BCUT2D eigenvalue weighted by molar-refractivity contribution is 7.07. The van der Waals surface area contributed by atoms with Crippen molar-refractivity contribution in [1.82, 2.24) is 14.6 Å². The number of rotatable bonds is 2. The maximum atomic E-state index is 10.0. The number of nitriles is 1. The van der Waals surface area contributed by atoms with E-state index in [4.69, 9.17) is 5.26 Å². The quantitative estimate of drug-likeness (QED) is 0.412. The summed E-state index contributed by atoms with van der Waals surface area (Å²) in [6, 6.07) is 18.3. The Morgan fingerprint density at radius 2 is 1.75 bits per heavy atom. The molecule has 3 aromatic carbocycles. The summed E-state index contributed by atoms with van der Waals surface area (Å²) >= 11 is 1.11. The fraction of sp³-hybridized carbons (Fsp3) is 0. The van der Waals surface area contributed by atoms with E-state index in [-0.39, 0.29) is 5.75 Å². The molecule has 7 nitrogen and oxygen atoms in total. The molecule has 2 aromatic heterocycles. The molecule has 0 aliphatic carbocycles. The minimum atomic E-state index is 0.207. The summed E-state index contributed by atoms with van der Waals surface area (Å²) in [7, 11) is 0. The maximum absolute atomic E-state index is 10.0. The second-order valence-electron chi connectivity index (χ2n) is 6.07. The molecule has 0 spiro atoms. The van der Waals surface area contributed by atoms with Crippen molar-refractivity contribution >= 4 is 55.6 Å². The van der Waals surface area contributed by atoms with Crippen molar-refractivity contribution in [2.75, 3.05) is 0 Å². The largest absolute Gasteiger partial charge is 0.507 e. The van der Waals surface area contributed by atoms with Gasteiger partial charge < -0.3 is 5.11 Å². The average molecular weight is 382 g/mol. The maximum Gasteiger partial charge on any atom is 0.153 e. The number of benzene rings is 3. The van der Waals surface area contributed by atoms with Crippen LogP contribution in [0.3, 0.4) is 0 Å². The normalized spacial score (nSPS) is 11.5. The lowest BCUT2D eigenvalue weighted by atomic mass is 10.1. The predicted octanol–water partition coefficient (Wildman–Crippen LogP) is 5.39. The molecule has 0 saturated heterocycles. The number of azo groups is 1. The molecule has 0 unspecified atom stereocenters. The van der Waals surface area contributed by atoms with Crippen LogP contribution in [0.2, 0.25) is 0 Å². The Kier molecular flexibility index (Phi) is 3.67. The van der Waals surface area contributed by atoms with Gasteiger partial charge in [0.05, 0.1) is 16.9 Å². The van der Waals surface area contributed by atoms with Crippen molar-refractivity contribution < 1.29 is 5.11 Å². The third-order valence-electron chi connectivity index (χ3n) is 4.41. The molecule has 5 aromatic rings. The van der Waals surface area contributed by atoms with E-state index < -0.39 is 0 Å². The number of hydrogen-bond acceptors (Lipinski definition) is 8. The zero-order chi connectivity index (χ0) is 19.1. The number of phenolic OH excluding ortho intramolecular Hbond substituents is 1. The van der Waals surface area contributed by atoms with Crippen molar-refractivity contribution in [3.05, 3.63) is 59.5 Å². The van der Waals surface area contributed by atoms with Crippen LogP contribution < -0.4 is 0 Å². The van der Waals surface area contributed by atoms with E-state index in [2.05, 4.69) is 30.9 Å². The summed E-state index contributed by atoms with van der Waals surface area (Å²) in [5.74, 6) is 0.207. The number of fused-ring (bicyclic) bond motifs is 4. The molecule has 0 aliphatic heterocycles. The number of nitrogens with zero attached hydrogens (tertiary/aromatic N) is 6. The molecular formula is C20H10N6OS. The van der Waals surface area contributed by atoms with Crippen molar-refractivity contribution in [3.63, 3.8) is 0 Å². The molecule has 2 heterocycles. The molecule has 0 bridgehead atoms. The lowest BCUT2D eigenvalue weighted by molar-refractivity contribution is 0.481. The summed E-state index contributed by atoms with van der Waals surface area (Å²) < 4.78 is 4.34. The number of aromatic hydroxyl groups is 1. The van der Waals surface area contributed by atoms with Gasteiger partial charge in [-0.25, -0.2) is 0 Å². The molecule has 0 radical (unpaired) electrons. The van der Waals surface area contributed by atoms with Gasteiger partial charge in [-0.05, 0) is 41.9 Å². The molecule has 0 amide bonds. The molecule has 132 valence electrons. The summed E-state index contributed by atoms with van der Waals surface area (Å²) in [5, 5.41) is 38.5. The van der Waals surface area contributed by atoms with Crippen molar-refractivity contribution in [2.24, 2.45) is 10.2 Å². The van der Waals surface area contributed by atoms with Gasteiger partial charge >= 0.3 is 0 Å². The zero-order valence-corrected chi connectivity index (χ0v) is 15.1. The highest BCUT2D eigenvalue weighted by Crippen LogP contribution is 2.34.